The van der Waals surface area contributed by atoms with E-state index in [-0.39, 0.29) is 5.82 Å². The highest BCUT2D eigenvalue weighted by Gasteiger charge is 2.31. The van der Waals surface area contributed by atoms with E-state index in [1.807, 2.05) is 10.6 Å². The zero-order chi connectivity index (χ0) is 18.1. The van der Waals surface area contributed by atoms with Crippen LogP contribution in [-0.4, -0.2) is 24.9 Å². The van der Waals surface area contributed by atoms with Crippen molar-refractivity contribution in [2.75, 3.05) is 0 Å². The normalized spacial score (nSPS) is 14.3. The minimum atomic E-state index is -0.284. The van der Waals surface area contributed by atoms with Gasteiger partial charge in [0.25, 0.3) is 0 Å². The summed E-state index contributed by atoms with van der Waals surface area (Å²) in [5.74, 6) is 2.60. The van der Waals surface area contributed by atoms with Gasteiger partial charge in [-0.25, -0.2) is 4.39 Å². The predicted molar refractivity (Wildman–Crippen MR) is 96.1 cm³/mol. The molecule has 0 bridgehead atoms. The van der Waals surface area contributed by atoms with Gasteiger partial charge in [0, 0.05) is 12.5 Å². The largest absolute Gasteiger partial charge is 0.338 e. The zero-order valence-electron chi connectivity index (χ0n) is 14.7. The number of hydrogen-bond acceptors (Lipinski definition) is 6. The van der Waals surface area contributed by atoms with Gasteiger partial charge in [0.2, 0.25) is 5.89 Å². The molecule has 6 nitrogen and oxygen atoms in total. The molecule has 0 spiro atoms. The third-order valence-corrected chi connectivity index (χ3v) is 5.04. The number of hydrogen-bond donors (Lipinski definition) is 0. The first kappa shape index (κ1) is 17.2. The van der Waals surface area contributed by atoms with Crippen LogP contribution in [0.1, 0.15) is 44.4 Å². The molecule has 1 fully saturated rings. The van der Waals surface area contributed by atoms with Gasteiger partial charge in [-0.05, 0) is 30.9 Å². The second kappa shape index (κ2) is 7.19. The Balaban J connectivity index is 1.54. The van der Waals surface area contributed by atoms with Crippen molar-refractivity contribution in [2.24, 2.45) is 5.92 Å². The number of rotatable bonds is 7. The number of benzene rings is 1. The lowest BCUT2D eigenvalue weighted by Crippen LogP contribution is -2.01. The van der Waals surface area contributed by atoms with Crippen molar-refractivity contribution in [2.45, 2.75) is 50.1 Å². The smallest absolute Gasteiger partial charge is 0.237 e. The van der Waals surface area contributed by atoms with Crippen LogP contribution in [-0.2, 0) is 12.2 Å². The van der Waals surface area contributed by atoms with E-state index in [0.717, 1.165) is 30.2 Å². The highest BCUT2D eigenvalue weighted by atomic mass is 32.2. The molecule has 136 valence electrons. The molecule has 1 aliphatic carbocycles. The van der Waals surface area contributed by atoms with Crippen LogP contribution in [0.4, 0.5) is 4.39 Å². The van der Waals surface area contributed by atoms with E-state index < -0.39 is 0 Å². The van der Waals surface area contributed by atoms with Crippen LogP contribution in [0.3, 0.4) is 0 Å². The van der Waals surface area contributed by atoms with Crippen molar-refractivity contribution in [3.8, 4) is 11.4 Å². The van der Waals surface area contributed by atoms with E-state index in [1.54, 1.807) is 12.1 Å². The number of thioether (sulfide) groups is 1. The molecule has 2 aromatic heterocycles. The van der Waals surface area contributed by atoms with Gasteiger partial charge in [0.1, 0.15) is 5.82 Å². The first-order chi connectivity index (χ1) is 12.6. The maximum Gasteiger partial charge on any atom is 0.237 e. The summed E-state index contributed by atoms with van der Waals surface area (Å²) >= 11 is 1.49. The van der Waals surface area contributed by atoms with Crippen molar-refractivity contribution in [1.82, 2.24) is 24.9 Å². The average molecular weight is 373 g/mol. The predicted octanol–water partition coefficient (Wildman–Crippen LogP) is 4.29. The standard InChI is InChI=1S/C18H20FN5OS/c1-11(2)9-15-20-16(25-23-15)10-26-18-22-21-17(24(18)12-7-8-12)13-5-3-4-6-14(13)19/h3-6,11-12H,7-10H2,1-2H3. The van der Waals surface area contributed by atoms with Gasteiger partial charge < -0.3 is 4.52 Å². The number of halogens is 1. The topological polar surface area (TPSA) is 69.6 Å². The Morgan fingerprint density at radius 3 is 2.81 bits per heavy atom. The summed E-state index contributed by atoms with van der Waals surface area (Å²) in [6, 6.07) is 7.01. The summed E-state index contributed by atoms with van der Waals surface area (Å²) in [5, 5.41) is 13.3. The molecule has 2 heterocycles. The van der Waals surface area contributed by atoms with Crippen LogP contribution in [0.25, 0.3) is 11.4 Å². The fourth-order valence-corrected chi connectivity index (χ4v) is 3.63. The van der Waals surface area contributed by atoms with Crippen LogP contribution < -0.4 is 0 Å². The fourth-order valence-electron chi connectivity index (χ4n) is 2.79. The maximum absolute atomic E-state index is 14.2. The zero-order valence-corrected chi connectivity index (χ0v) is 15.5. The molecule has 0 saturated heterocycles. The molecule has 0 aliphatic heterocycles. The molecule has 0 N–H and O–H groups in total. The van der Waals surface area contributed by atoms with Crippen LogP contribution in [0.15, 0.2) is 33.9 Å². The van der Waals surface area contributed by atoms with E-state index in [1.165, 1.54) is 17.8 Å². The van der Waals surface area contributed by atoms with Crippen molar-refractivity contribution in [1.29, 1.82) is 0 Å². The van der Waals surface area contributed by atoms with E-state index in [4.69, 9.17) is 4.52 Å². The monoisotopic (exact) mass is 373 g/mol. The van der Waals surface area contributed by atoms with Gasteiger partial charge in [-0.2, -0.15) is 4.98 Å². The summed E-state index contributed by atoms with van der Waals surface area (Å²) < 4.78 is 21.5. The molecule has 0 amide bonds. The first-order valence-corrected chi connectivity index (χ1v) is 9.74. The third-order valence-electron chi connectivity index (χ3n) is 4.12. The van der Waals surface area contributed by atoms with Crippen LogP contribution in [0.2, 0.25) is 0 Å². The lowest BCUT2D eigenvalue weighted by Gasteiger charge is -2.08. The summed E-state index contributed by atoms with van der Waals surface area (Å²) in [6.45, 7) is 4.24. The van der Waals surface area contributed by atoms with E-state index in [0.29, 0.717) is 35.0 Å². The van der Waals surface area contributed by atoms with Crippen molar-refractivity contribution in [3.63, 3.8) is 0 Å². The minimum Gasteiger partial charge on any atom is -0.338 e. The number of nitrogens with zero attached hydrogens (tertiary/aromatic N) is 5. The Morgan fingerprint density at radius 2 is 2.08 bits per heavy atom. The molecule has 0 atom stereocenters. The summed E-state index contributed by atoms with van der Waals surface area (Å²) in [4.78, 5) is 4.42. The molecule has 1 aliphatic rings. The fraction of sp³-hybridized carbons (Fsp3) is 0.444. The summed E-state index contributed by atoms with van der Waals surface area (Å²) in [7, 11) is 0. The quantitative estimate of drug-likeness (QED) is 0.575. The third kappa shape index (κ3) is 3.65. The molecule has 1 aromatic carbocycles. The van der Waals surface area contributed by atoms with Gasteiger partial charge in [-0.3, -0.25) is 4.57 Å². The Hall–Kier alpha value is -2.22. The van der Waals surface area contributed by atoms with Crippen LogP contribution >= 0.6 is 11.8 Å². The number of aromatic nitrogens is 5. The van der Waals surface area contributed by atoms with Gasteiger partial charge in [-0.15, -0.1) is 10.2 Å². The summed E-state index contributed by atoms with van der Waals surface area (Å²) in [6.07, 6.45) is 2.92. The second-order valence-corrected chi connectivity index (χ2v) is 7.82. The average Bonchev–Trinajstić information content (AvgIpc) is 3.21. The van der Waals surface area contributed by atoms with Gasteiger partial charge in [0.05, 0.1) is 11.3 Å². The molecule has 26 heavy (non-hydrogen) atoms. The Morgan fingerprint density at radius 1 is 1.27 bits per heavy atom. The van der Waals surface area contributed by atoms with Gasteiger partial charge >= 0.3 is 0 Å². The Labute approximate surface area is 155 Å². The van der Waals surface area contributed by atoms with Crippen LogP contribution in [0, 0.1) is 11.7 Å². The van der Waals surface area contributed by atoms with E-state index >= 15 is 0 Å². The lowest BCUT2D eigenvalue weighted by molar-refractivity contribution is 0.382. The molecule has 0 unspecified atom stereocenters. The molecule has 3 aromatic rings. The Bertz CT molecular complexity index is 903. The SMILES string of the molecule is CC(C)Cc1noc(CSc2nnc(-c3ccccc3F)n2C2CC2)n1. The van der Waals surface area contributed by atoms with Crippen molar-refractivity contribution < 1.29 is 8.91 Å². The molecule has 8 heteroatoms. The van der Waals surface area contributed by atoms with Crippen LogP contribution in [0.5, 0.6) is 0 Å². The second-order valence-electron chi connectivity index (χ2n) is 6.88. The van der Waals surface area contributed by atoms with E-state index in [9.17, 15) is 4.39 Å². The molecule has 0 radical (unpaired) electrons. The van der Waals surface area contributed by atoms with Crippen molar-refractivity contribution >= 4 is 11.8 Å². The lowest BCUT2D eigenvalue weighted by atomic mass is 10.1. The molecule has 4 rings (SSSR count). The van der Waals surface area contributed by atoms with Gasteiger partial charge in [0.15, 0.2) is 16.8 Å². The Kier molecular flexibility index (Phi) is 4.76. The highest BCUT2D eigenvalue weighted by molar-refractivity contribution is 7.98. The molecule has 1 saturated carbocycles. The molecular weight excluding hydrogens is 353 g/mol. The summed E-state index contributed by atoms with van der Waals surface area (Å²) in [5.41, 5.74) is 0.482. The maximum atomic E-state index is 14.2. The minimum absolute atomic E-state index is 0.284. The van der Waals surface area contributed by atoms with Gasteiger partial charge in [-0.1, -0.05) is 42.9 Å². The molecular formula is C18H20FN5OS. The first-order valence-electron chi connectivity index (χ1n) is 8.76. The highest BCUT2D eigenvalue weighted by Crippen LogP contribution is 2.41. The van der Waals surface area contributed by atoms with E-state index in [2.05, 4.69) is 34.2 Å². The van der Waals surface area contributed by atoms with Crippen molar-refractivity contribution in [3.05, 3.63) is 41.8 Å².